The van der Waals surface area contributed by atoms with Gasteiger partial charge in [0.15, 0.2) is 0 Å². The van der Waals surface area contributed by atoms with Crippen LogP contribution in [0, 0.1) is 6.92 Å². The smallest absolute Gasteiger partial charge is 0.243 e. The fourth-order valence-corrected chi connectivity index (χ4v) is 3.47. The summed E-state index contributed by atoms with van der Waals surface area (Å²) in [7, 11) is 0. The Morgan fingerprint density at radius 2 is 1.85 bits per heavy atom. The summed E-state index contributed by atoms with van der Waals surface area (Å²) >= 11 is 0. The van der Waals surface area contributed by atoms with Crippen LogP contribution < -0.4 is 5.32 Å². The molecule has 2 amide bonds. The fourth-order valence-electron chi connectivity index (χ4n) is 3.47. The normalized spacial score (nSPS) is 17.7. The van der Waals surface area contributed by atoms with E-state index in [4.69, 9.17) is 0 Å². The lowest BCUT2D eigenvalue weighted by atomic mass is 10.1. The van der Waals surface area contributed by atoms with Crippen LogP contribution in [0.4, 0.5) is 0 Å². The number of amides is 2. The minimum absolute atomic E-state index is 0.0577. The Labute approximate surface area is 155 Å². The Hall–Kier alpha value is -2.62. The summed E-state index contributed by atoms with van der Waals surface area (Å²) in [5, 5.41) is 3.03. The molecule has 136 valence electrons. The number of benzene rings is 2. The van der Waals surface area contributed by atoms with Crippen molar-refractivity contribution in [2.24, 2.45) is 0 Å². The lowest BCUT2D eigenvalue weighted by Gasteiger charge is -2.29. The molecule has 4 nitrogen and oxygen atoms in total. The first-order chi connectivity index (χ1) is 12.6. The van der Waals surface area contributed by atoms with E-state index in [-0.39, 0.29) is 11.8 Å². The van der Waals surface area contributed by atoms with Gasteiger partial charge in [-0.25, -0.2) is 0 Å². The third-order valence-corrected chi connectivity index (χ3v) is 4.86. The third kappa shape index (κ3) is 4.72. The molecule has 4 heteroatoms. The molecule has 2 aromatic rings. The molecule has 0 bridgehead atoms. The molecule has 1 fully saturated rings. The molecule has 0 saturated carbocycles. The molecule has 0 aromatic heterocycles. The van der Waals surface area contributed by atoms with Crippen LogP contribution in [0.1, 0.15) is 42.4 Å². The van der Waals surface area contributed by atoms with Crippen molar-refractivity contribution >= 4 is 11.8 Å². The predicted molar refractivity (Wildman–Crippen MR) is 102 cm³/mol. The quantitative estimate of drug-likeness (QED) is 0.896. The number of nitrogens with zero attached hydrogens (tertiary/aromatic N) is 1. The van der Waals surface area contributed by atoms with Crippen molar-refractivity contribution in [3.63, 3.8) is 0 Å². The Balaban J connectivity index is 1.70. The van der Waals surface area contributed by atoms with Gasteiger partial charge >= 0.3 is 0 Å². The molecule has 1 N–H and O–H groups in total. The Morgan fingerprint density at radius 1 is 1.08 bits per heavy atom. The zero-order valence-electron chi connectivity index (χ0n) is 15.3. The minimum atomic E-state index is -0.394. The van der Waals surface area contributed by atoms with Gasteiger partial charge in [-0.2, -0.15) is 0 Å². The number of rotatable bonds is 5. The maximum absolute atomic E-state index is 12.9. The molecule has 2 aromatic carbocycles. The summed E-state index contributed by atoms with van der Waals surface area (Å²) in [6, 6.07) is 17.6. The van der Waals surface area contributed by atoms with Gasteiger partial charge in [-0.1, -0.05) is 66.6 Å². The zero-order valence-corrected chi connectivity index (χ0v) is 15.3. The summed E-state index contributed by atoms with van der Waals surface area (Å²) in [5.74, 6) is 0.0137. The van der Waals surface area contributed by atoms with E-state index < -0.39 is 6.04 Å². The number of carbonyl (C=O) groups is 2. The van der Waals surface area contributed by atoms with Gasteiger partial charge in [0, 0.05) is 19.5 Å². The van der Waals surface area contributed by atoms with Crippen molar-refractivity contribution in [3.05, 3.63) is 71.3 Å². The van der Waals surface area contributed by atoms with Crippen LogP contribution in [0.3, 0.4) is 0 Å². The van der Waals surface area contributed by atoms with Crippen LogP contribution in [0.5, 0.6) is 0 Å². The highest BCUT2D eigenvalue weighted by atomic mass is 16.2. The van der Waals surface area contributed by atoms with E-state index in [1.54, 1.807) is 4.90 Å². The fraction of sp³-hybridized carbons (Fsp3) is 0.364. The maximum atomic E-state index is 12.9. The molecular formula is C22H26N2O2. The van der Waals surface area contributed by atoms with Crippen LogP contribution >= 0.6 is 0 Å². The number of likely N-dealkylation sites (tertiary alicyclic amines) is 1. The van der Waals surface area contributed by atoms with Crippen molar-refractivity contribution in [2.45, 2.75) is 51.7 Å². The van der Waals surface area contributed by atoms with Gasteiger partial charge < -0.3 is 10.2 Å². The molecule has 1 saturated heterocycles. The first-order valence-electron chi connectivity index (χ1n) is 9.30. The largest absolute Gasteiger partial charge is 0.350 e. The maximum Gasteiger partial charge on any atom is 0.243 e. The first kappa shape index (κ1) is 18.2. The van der Waals surface area contributed by atoms with E-state index in [2.05, 4.69) is 11.4 Å². The lowest BCUT2D eigenvalue weighted by molar-refractivity contribution is -0.140. The topological polar surface area (TPSA) is 49.4 Å². The molecule has 1 unspecified atom stereocenters. The summed E-state index contributed by atoms with van der Waals surface area (Å²) < 4.78 is 0. The Bertz CT molecular complexity index is 758. The van der Waals surface area contributed by atoms with E-state index in [0.717, 1.165) is 30.4 Å². The van der Waals surface area contributed by atoms with Gasteiger partial charge in [-0.05, 0) is 30.9 Å². The van der Waals surface area contributed by atoms with Gasteiger partial charge in [-0.3, -0.25) is 9.59 Å². The van der Waals surface area contributed by atoms with E-state index in [9.17, 15) is 9.59 Å². The molecule has 1 atom stereocenters. The second-order valence-corrected chi connectivity index (χ2v) is 6.98. The highest BCUT2D eigenvalue weighted by molar-refractivity contribution is 5.88. The number of carbonyl (C=O) groups excluding carboxylic acids is 2. The average Bonchev–Trinajstić information content (AvgIpc) is 2.83. The van der Waals surface area contributed by atoms with Gasteiger partial charge in [-0.15, -0.1) is 0 Å². The van der Waals surface area contributed by atoms with E-state index in [1.165, 1.54) is 5.56 Å². The molecule has 0 spiro atoms. The van der Waals surface area contributed by atoms with Crippen LogP contribution in [0.25, 0.3) is 0 Å². The zero-order chi connectivity index (χ0) is 18.4. The molecule has 1 aliphatic rings. The van der Waals surface area contributed by atoms with Crippen LogP contribution in [0.15, 0.2) is 54.6 Å². The minimum Gasteiger partial charge on any atom is -0.350 e. The van der Waals surface area contributed by atoms with Gasteiger partial charge in [0.1, 0.15) is 6.04 Å². The number of nitrogens with one attached hydrogen (secondary N) is 1. The summed E-state index contributed by atoms with van der Waals surface area (Å²) in [6.45, 7) is 3.02. The van der Waals surface area contributed by atoms with E-state index in [0.29, 0.717) is 19.5 Å². The highest BCUT2D eigenvalue weighted by Gasteiger charge is 2.31. The van der Waals surface area contributed by atoms with Crippen molar-refractivity contribution in [3.8, 4) is 0 Å². The molecule has 0 aliphatic carbocycles. The summed E-state index contributed by atoms with van der Waals surface area (Å²) in [6.07, 6.45) is 3.00. The van der Waals surface area contributed by atoms with Crippen molar-refractivity contribution < 1.29 is 9.59 Å². The SMILES string of the molecule is Cc1cccc(CNC(=O)C2CCCCC(=O)N2Cc2ccccc2)c1. The van der Waals surface area contributed by atoms with Crippen LogP contribution in [0.2, 0.25) is 0 Å². The summed E-state index contributed by atoms with van der Waals surface area (Å²) in [5.41, 5.74) is 3.30. The number of hydrogen-bond acceptors (Lipinski definition) is 2. The number of aryl methyl sites for hydroxylation is 1. The standard InChI is InChI=1S/C22H26N2O2/c1-17-8-7-11-19(14-17)15-23-22(26)20-12-5-6-13-21(25)24(20)16-18-9-3-2-4-10-18/h2-4,7-11,14,20H,5-6,12-13,15-16H2,1H3,(H,23,26). The van der Waals surface area contributed by atoms with Crippen molar-refractivity contribution in [2.75, 3.05) is 0 Å². The lowest BCUT2D eigenvalue weighted by Crippen LogP contribution is -2.48. The van der Waals surface area contributed by atoms with Crippen molar-refractivity contribution in [1.29, 1.82) is 0 Å². The Kier molecular flexibility index (Phi) is 6.05. The first-order valence-corrected chi connectivity index (χ1v) is 9.30. The molecule has 1 aliphatic heterocycles. The van der Waals surface area contributed by atoms with Crippen LogP contribution in [-0.2, 0) is 22.7 Å². The van der Waals surface area contributed by atoms with Crippen LogP contribution in [-0.4, -0.2) is 22.8 Å². The predicted octanol–water partition coefficient (Wildman–Crippen LogP) is 3.58. The molecular weight excluding hydrogens is 324 g/mol. The molecule has 3 rings (SSSR count). The summed E-state index contributed by atoms with van der Waals surface area (Å²) in [4.78, 5) is 27.2. The van der Waals surface area contributed by atoms with E-state index in [1.807, 2.05) is 55.5 Å². The molecule has 26 heavy (non-hydrogen) atoms. The molecule has 1 heterocycles. The van der Waals surface area contributed by atoms with Gasteiger partial charge in [0.25, 0.3) is 0 Å². The third-order valence-electron chi connectivity index (χ3n) is 4.86. The second kappa shape index (κ2) is 8.65. The van der Waals surface area contributed by atoms with Crippen molar-refractivity contribution in [1.82, 2.24) is 10.2 Å². The van der Waals surface area contributed by atoms with Gasteiger partial charge in [0.2, 0.25) is 11.8 Å². The van der Waals surface area contributed by atoms with E-state index >= 15 is 0 Å². The number of hydrogen-bond donors (Lipinski definition) is 1. The molecule has 0 radical (unpaired) electrons. The Morgan fingerprint density at radius 3 is 2.62 bits per heavy atom. The average molecular weight is 350 g/mol. The monoisotopic (exact) mass is 350 g/mol. The second-order valence-electron chi connectivity index (χ2n) is 6.98. The van der Waals surface area contributed by atoms with Gasteiger partial charge in [0.05, 0.1) is 0 Å². The highest BCUT2D eigenvalue weighted by Crippen LogP contribution is 2.21.